The van der Waals surface area contributed by atoms with Gasteiger partial charge in [0, 0.05) is 12.2 Å². The highest BCUT2D eigenvalue weighted by Gasteiger charge is 2.56. The molecule has 0 amide bonds. The van der Waals surface area contributed by atoms with Gasteiger partial charge in [0.2, 0.25) is 0 Å². The second kappa shape index (κ2) is 8.89. The molecule has 2 aliphatic rings. The zero-order chi connectivity index (χ0) is 25.6. The van der Waals surface area contributed by atoms with Crippen LogP contribution in [0.4, 0.5) is 13.2 Å². The maximum absolute atomic E-state index is 15.1. The minimum Gasteiger partial charge on any atom is -0.433 e. The summed E-state index contributed by atoms with van der Waals surface area (Å²) in [5.74, 6) is -1.17. The van der Waals surface area contributed by atoms with Crippen molar-refractivity contribution in [3.05, 3.63) is 53.4 Å². The van der Waals surface area contributed by atoms with Crippen molar-refractivity contribution in [1.29, 1.82) is 0 Å². The monoisotopic (exact) mass is 509 g/mol. The Labute approximate surface area is 201 Å². The first kappa shape index (κ1) is 25.1. The third-order valence-electron chi connectivity index (χ3n) is 6.59. The molecule has 0 spiro atoms. The van der Waals surface area contributed by atoms with Crippen molar-refractivity contribution in [3.63, 3.8) is 0 Å². The van der Waals surface area contributed by atoms with Crippen LogP contribution in [0.15, 0.2) is 39.8 Å². The number of Topliss-reactive ketones (excluding diaryl/α,β-unsaturated/α-hetero) is 1. The fourth-order valence-electron chi connectivity index (χ4n) is 4.56. The smallest absolute Gasteiger partial charge is 0.387 e. The standard InChI is InChI=1S/C23H26F3N5O3S/c1-22(2)20(27)31-23(3,18-5-4-10-29-35(18,22)33)19-15(24)8-6-13(30-19)11-17(32)16-9-7-14(12-28-16)34-21(25)26/h6-9,12,18,21H,4-5,10-11H2,1-3H3,(H2,27,31)/t18-,23+,35+/m1/s1. The minimum atomic E-state index is -3.00. The van der Waals surface area contributed by atoms with Gasteiger partial charge in [-0.2, -0.15) is 8.78 Å². The number of carbonyl (C=O) groups excluding carboxylic acids is 1. The first-order chi connectivity index (χ1) is 16.4. The number of rotatable bonds is 6. The predicted molar refractivity (Wildman–Crippen MR) is 125 cm³/mol. The Bertz CT molecular complexity index is 1310. The molecule has 4 rings (SSSR count). The third kappa shape index (κ3) is 4.28. The fraction of sp³-hybridized carbons (Fsp3) is 0.478. The van der Waals surface area contributed by atoms with Crippen molar-refractivity contribution in [1.82, 2.24) is 9.97 Å². The molecule has 0 unspecified atom stereocenters. The molecule has 2 aromatic rings. The van der Waals surface area contributed by atoms with Gasteiger partial charge < -0.3 is 10.5 Å². The third-order valence-corrected chi connectivity index (χ3v) is 10.3. The molecule has 12 heteroatoms. The van der Waals surface area contributed by atoms with E-state index in [0.717, 1.165) is 6.20 Å². The zero-order valence-electron chi connectivity index (χ0n) is 19.5. The summed E-state index contributed by atoms with van der Waals surface area (Å²) in [5.41, 5.74) is 5.12. The maximum Gasteiger partial charge on any atom is 0.387 e. The van der Waals surface area contributed by atoms with Crippen molar-refractivity contribution >= 4 is 21.3 Å². The van der Waals surface area contributed by atoms with Gasteiger partial charge in [-0.1, -0.05) is 0 Å². The number of fused-ring (bicyclic) bond motifs is 1. The number of hydrogen-bond donors (Lipinski definition) is 1. The Morgan fingerprint density at radius 1 is 1.26 bits per heavy atom. The maximum atomic E-state index is 15.1. The van der Waals surface area contributed by atoms with Crippen LogP contribution in [0, 0.1) is 5.82 Å². The van der Waals surface area contributed by atoms with Gasteiger partial charge in [-0.25, -0.2) is 17.9 Å². The number of ether oxygens (including phenoxy) is 1. The van der Waals surface area contributed by atoms with E-state index in [4.69, 9.17) is 5.73 Å². The average molecular weight is 510 g/mol. The van der Waals surface area contributed by atoms with Gasteiger partial charge >= 0.3 is 6.61 Å². The van der Waals surface area contributed by atoms with Gasteiger partial charge in [-0.3, -0.25) is 14.8 Å². The number of pyridine rings is 2. The number of alkyl halides is 2. The Morgan fingerprint density at radius 2 is 2.00 bits per heavy atom. The largest absolute Gasteiger partial charge is 0.433 e. The molecule has 0 saturated heterocycles. The molecule has 2 N–H and O–H groups in total. The van der Waals surface area contributed by atoms with Gasteiger partial charge in [-0.05, 0) is 57.9 Å². The zero-order valence-corrected chi connectivity index (χ0v) is 20.3. The molecule has 0 aromatic carbocycles. The lowest BCUT2D eigenvalue weighted by atomic mass is 9.88. The molecule has 2 aliphatic heterocycles. The van der Waals surface area contributed by atoms with Crippen molar-refractivity contribution in [3.8, 4) is 5.75 Å². The summed E-state index contributed by atoms with van der Waals surface area (Å²) in [6.45, 7) is 2.55. The summed E-state index contributed by atoms with van der Waals surface area (Å²) in [5, 5.41) is -0.608. The summed E-state index contributed by atoms with van der Waals surface area (Å²) in [4.78, 5) is 25.6. The van der Waals surface area contributed by atoms with E-state index in [1.807, 2.05) is 0 Å². The molecule has 0 bridgehead atoms. The van der Waals surface area contributed by atoms with Crippen LogP contribution >= 0.6 is 0 Å². The number of nitrogens with zero attached hydrogens (tertiary/aromatic N) is 4. The number of amidine groups is 1. The van der Waals surface area contributed by atoms with Gasteiger partial charge in [0.15, 0.2) is 5.78 Å². The molecular weight excluding hydrogens is 483 g/mol. The first-order valence-corrected chi connectivity index (χ1v) is 12.6. The summed E-state index contributed by atoms with van der Waals surface area (Å²) >= 11 is 0. The van der Waals surface area contributed by atoms with E-state index in [0.29, 0.717) is 19.4 Å². The van der Waals surface area contributed by atoms with E-state index in [1.165, 1.54) is 24.3 Å². The number of carbonyl (C=O) groups is 1. The van der Waals surface area contributed by atoms with Crippen molar-refractivity contribution in [2.45, 2.75) is 62.2 Å². The van der Waals surface area contributed by atoms with Crippen LogP contribution in [-0.4, -0.2) is 48.9 Å². The highest BCUT2D eigenvalue weighted by Crippen LogP contribution is 2.46. The van der Waals surface area contributed by atoms with Crippen LogP contribution < -0.4 is 10.5 Å². The normalized spacial score (nSPS) is 27.5. The van der Waals surface area contributed by atoms with Gasteiger partial charge in [-0.15, -0.1) is 0 Å². The molecule has 0 fully saturated rings. The second-order valence-electron chi connectivity index (χ2n) is 9.20. The Balaban J connectivity index is 1.69. The molecule has 0 radical (unpaired) electrons. The van der Waals surface area contributed by atoms with Crippen molar-refractivity contribution in [2.75, 3.05) is 6.54 Å². The van der Waals surface area contributed by atoms with E-state index in [1.54, 1.807) is 20.8 Å². The van der Waals surface area contributed by atoms with Crippen LogP contribution in [0.3, 0.4) is 0 Å². The van der Waals surface area contributed by atoms with E-state index < -0.39 is 43.5 Å². The lowest BCUT2D eigenvalue weighted by molar-refractivity contribution is -0.0500. The molecule has 3 atom stereocenters. The van der Waals surface area contributed by atoms with Gasteiger partial charge in [0.05, 0.1) is 27.6 Å². The topological polar surface area (TPSA) is 120 Å². The number of nitrogens with two attached hydrogens (primary N) is 1. The van der Waals surface area contributed by atoms with Crippen LogP contribution in [0.5, 0.6) is 5.75 Å². The summed E-state index contributed by atoms with van der Waals surface area (Å²) < 4.78 is 61.6. The molecule has 0 aliphatic carbocycles. The number of halogens is 3. The van der Waals surface area contributed by atoms with E-state index in [9.17, 15) is 17.8 Å². The van der Waals surface area contributed by atoms with Crippen molar-refractivity contribution < 1.29 is 26.9 Å². The number of hydrogen-bond acceptors (Lipinski definition) is 8. The van der Waals surface area contributed by atoms with Crippen LogP contribution in [0.2, 0.25) is 0 Å². The SMILES string of the molecule is CC1(C)C(N)=N[C@](C)(c2nc(CC(=O)c3ccc(OC(F)F)cn3)ccc2F)[C@H]2CCCN=[S@]21=O. The highest BCUT2D eigenvalue weighted by molar-refractivity contribution is 7.96. The Morgan fingerprint density at radius 3 is 2.66 bits per heavy atom. The average Bonchev–Trinajstić information content (AvgIpc) is 2.79. The molecule has 8 nitrogen and oxygen atoms in total. The van der Waals surface area contributed by atoms with E-state index in [2.05, 4.69) is 24.1 Å². The quantitative estimate of drug-likeness (QED) is 0.594. The Hall–Kier alpha value is -3.02. The lowest BCUT2D eigenvalue weighted by Crippen LogP contribution is -2.60. The lowest BCUT2D eigenvalue weighted by Gasteiger charge is -2.47. The highest BCUT2D eigenvalue weighted by atomic mass is 32.2. The van der Waals surface area contributed by atoms with Crippen LogP contribution in [-0.2, 0) is 21.7 Å². The predicted octanol–water partition coefficient (Wildman–Crippen LogP) is 3.64. The number of aliphatic imine (C=N–C) groups is 1. The first-order valence-electron chi connectivity index (χ1n) is 11.1. The molecule has 188 valence electrons. The summed E-state index contributed by atoms with van der Waals surface area (Å²) in [7, 11) is -2.90. The molecule has 0 saturated carbocycles. The van der Waals surface area contributed by atoms with E-state index in [-0.39, 0.29) is 35.1 Å². The molecule has 2 aromatic heterocycles. The second-order valence-corrected chi connectivity index (χ2v) is 12.2. The number of aromatic nitrogens is 2. The van der Waals surface area contributed by atoms with E-state index >= 15 is 4.39 Å². The number of ketones is 1. The fourth-order valence-corrected chi connectivity index (χ4v) is 7.79. The summed E-state index contributed by atoms with van der Waals surface area (Å²) in [6.07, 6.45) is 1.99. The molecule has 35 heavy (non-hydrogen) atoms. The molecule has 4 heterocycles. The minimum absolute atomic E-state index is 0.0151. The van der Waals surface area contributed by atoms with Crippen LogP contribution in [0.25, 0.3) is 0 Å². The van der Waals surface area contributed by atoms with Gasteiger partial charge in [0.25, 0.3) is 0 Å². The van der Waals surface area contributed by atoms with Gasteiger partial charge in [0.1, 0.15) is 39.1 Å². The summed E-state index contributed by atoms with van der Waals surface area (Å²) in [6, 6.07) is 5.04. The van der Waals surface area contributed by atoms with Crippen LogP contribution in [0.1, 0.15) is 55.5 Å². The molecular formula is C23H26F3N5O3S. The van der Waals surface area contributed by atoms with Crippen molar-refractivity contribution in [2.24, 2.45) is 15.1 Å². The Kier molecular flexibility index (Phi) is 6.37.